The Bertz CT molecular complexity index is 564. The monoisotopic (exact) mass is 275 g/mol. The van der Waals surface area contributed by atoms with Gasteiger partial charge >= 0.3 is 0 Å². The molecule has 1 aromatic carbocycles. The van der Waals surface area contributed by atoms with Crippen LogP contribution in [0.25, 0.3) is 5.69 Å². The molecule has 4 heteroatoms. The predicted octanol–water partition coefficient (Wildman–Crippen LogP) is 3.88. The molecule has 0 unspecified atom stereocenters. The topological polar surface area (TPSA) is 43.8 Å². The zero-order chi connectivity index (χ0) is 14.0. The number of benzene rings is 1. The zero-order valence-electron chi connectivity index (χ0n) is 12.0. The maximum absolute atomic E-state index is 6.23. The molecule has 1 aromatic heterocycles. The van der Waals surface area contributed by atoms with Crippen molar-refractivity contribution in [3.05, 3.63) is 35.0 Å². The minimum Gasteiger partial charge on any atom is -0.383 e. The minimum atomic E-state index is 0.744. The van der Waals surface area contributed by atoms with Gasteiger partial charge in [-0.2, -0.15) is 5.10 Å². The Balaban J connectivity index is 2.45. The third kappa shape index (κ3) is 2.78. The summed E-state index contributed by atoms with van der Waals surface area (Å²) in [5.41, 5.74) is 11.0. The quantitative estimate of drug-likeness (QED) is 0.861. The van der Waals surface area contributed by atoms with E-state index in [9.17, 15) is 0 Å². The van der Waals surface area contributed by atoms with Crippen molar-refractivity contribution < 1.29 is 0 Å². The van der Waals surface area contributed by atoms with E-state index in [2.05, 4.69) is 44.9 Å². The third-order valence-electron chi connectivity index (χ3n) is 3.08. The van der Waals surface area contributed by atoms with Crippen LogP contribution in [0.3, 0.4) is 0 Å². The van der Waals surface area contributed by atoms with Crippen LogP contribution in [0.5, 0.6) is 0 Å². The fourth-order valence-electron chi connectivity index (χ4n) is 2.35. The fourth-order valence-corrected chi connectivity index (χ4v) is 3.13. The molecule has 0 saturated carbocycles. The van der Waals surface area contributed by atoms with Gasteiger partial charge in [0, 0.05) is 0 Å². The molecule has 3 nitrogen and oxygen atoms in total. The molecule has 2 rings (SSSR count). The molecule has 102 valence electrons. The van der Waals surface area contributed by atoms with Gasteiger partial charge in [-0.05, 0) is 44.1 Å². The fraction of sp³-hybridized carbons (Fsp3) is 0.400. The van der Waals surface area contributed by atoms with Crippen LogP contribution >= 0.6 is 11.8 Å². The third-order valence-corrected chi connectivity index (χ3v) is 4.32. The van der Waals surface area contributed by atoms with Crippen molar-refractivity contribution in [3.8, 4) is 5.69 Å². The second kappa shape index (κ2) is 5.70. The van der Waals surface area contributed by atoms with Gasteiger partial charge in [0.15, 0.2) is 0 Å². The second-order valence-electron chi connectivity index (χ2n) is 4.90. The zero-order valence-corrected chi connectivity index (χ0v) is 12.8. The van der Waals surface area contributed by atoms with Crippen molar-refractivity contribution in [1.29, 1.82) is 0 Å². The van der Waals surface area contributed by atoms with E-state index in [-0.39, 0.29) is 0 Å². The summed E-state index contributed by atoms with van der Waals surface area (Å²) in [4.78, 5) is 1.07. The van der Waals surface area contributed by atoms with E-state index in [0.29, 0.717) is 0 Å². The molecule has 1 heterocycles. The molecule has 2 N–H and O–H groups in total. The molecule has 0 spiro atoms. The summed E-state index contributed by atoms with van der Waals surface area (Å²) in [5.74, 6) is 1.82. The predicted molar refractivity (Wildman–Crippen MR) is 83.2 cm³/mol. The van der Waals surface area contributed by atoms with Crippen molar-refractivity contribution in [2.24, 2.45) is 0 Å². The van der Waals surface area contributed by atoms with E-state index in [1.54, 1.807) is 11.8 Å². The Morgan fingerprint density at radius 2 is 1.84 bits per heavy atom. The number of thioether (sulfide) groups is 1. The van der Waals surface area contributed by atoms with Gasteiger partial charge in [-0.25, -0.2) is 4.68 Å². The number of aryl methyl sites for hydroxylation is 3. The van der Waals surface area contributed by atoms with Crippen molar-refractivity contribution in [2.75, 3.05) is 11.5 Å². The lowest BCUT2D eigenvalue weighted by Crippen LogP contribution is -2.06. The highest BCUT2D eigenvalue weighted by Crippen LogP contribution is 2.30. The first-order chi connectivity index (χ1) is 9.04. The Morgan fingerprint density at radius 1 is 1.21 bits per heavy atom. The Labute approximate surface area is 119 Å². The molecule has 0 saturated heterocycles. The van der Waals surface area contributed by atoms with Gasteiger partial charge < -0.3 is 5.73 Å². The Kier molecular flexibility index (Phi) is 4.20. The molecule has 0 bridgehead atoms. The lowest BCUT2D eigenvalue weighted by molar-refractivity contribution is 0.873. The summed E-state index contributed by atoms with van der Waals surface area (Å²) < 4.78 is 1.86. The highest BCUT2D eigenvalue weighted by Gasteiger charge is 2.13. The lowest BCUT2D eigenvalue weighted by atomic mass is 10.1. The summed E-state index contributed by atoms with van der Waals surface area (Å²) in [6.07, 6.45) is 3.01. The van der Waals surface area contributed by atoms with Gasteiger partial charge in [0.2, 0.25) is 0 Å². The molecule has 0 aliphatic carbocycles. The average Bonchev–Trinajstić information content (AvgIpc) is 2.68. The van der Waals surface area contributed by atoms with Crippen LogP contribution in [0.4, 0.5) is 5.82 Å². The molecule has 0 aliphatic rings. The number of nitrogens with zero attached hydrogens (tertiary/aromatic N) is 2. The first-order valence-corrected chi connectivity index (χ1v) is 7.57. The normalized spacial score (nSPS) is 10.9. The molecule has 0 amide bonds. The molecule has 0 aliphatic heterocycles. The summed E-state index contributed by atoms with van der Waals surface area (Å²) >= 11 is 1.77. The van der Waals surface area contributed by atoms with Crippen molar-refractivity contribution >= 4 is 17.6 Å². The molecule has 0 radical (unpaired) electrons. The highest BCUT2D eigenvalue weighted by atomic mass is 32.2. The van der Waals surface area contributed by atoms with Gasteiger partial charge in [0.1, 0.15) is 5.82 Å². The Hall–Kier alpha value is -1.42. The van der Waals surface area contributed by atoms with Crippen LogP contribution in [0.15, 0.2) is 23.2 Å². The van der Waals surface area contributed by atoms with Crippen LogP contribution in [0, 0.1) is 20.8 Å². The van der Waals surface area contributed by atoms with Gasteiger partial charge in [-0.15, -0.1) is 11.8 Å². The highest BCUT2D eigenvalue weighted by molar-refractivity contribution is 7.99. The van der Waals surface area contributed by atoms with E-state index in [1.165, 1.54) is 16.7 Å². The summed E-state index contributed by atoms with van der Waals surface area (Å²) in [6, 6.07) is 4.34. The maximum Gasteiger partial charge on any atom is 0.140 e. The van der Waals surface area contributed by atoms with Crippen molar-refractivity contribution in [1.82, 2.24) is 9.78 Å². The van der Waals surface area contributed by atoms with Crippen molar-refractivity contribution in [3.63, 3.8) is 0 Å². The standard InChI is InChI=1S/C15H21N3S/c1-5-6-19-13-9-17-18(15(13)16)14-11(3)7-10(2)8-12(14)4/h7-9H,5-6,16H2,1-4H3. The number of rotatable bonds is 4. The summed E-state index contributed by atoms with van der Waals surface area (Å²) in [7, 11) is 0. The van der Waals surface area contributed by atoms with Crippen LogP contribution in [-0.2, 0) is 0 Å². The van der Waals surface area contributed by atoms with Gasteiger partial charge in [0.25, 0.3) is 0 Å². The number of hydrogen-bond donors (Lipinski definition) is 1. The first kappa shape index (κ1) is 14.0. The van der Waals surface area contributed by atoms with E-state index < -0.39 is 0 Å². The van der Waals surface area contributed by atoms with Gasteiger partial charge in [-0.3, -0.25) is 0 Å². The Morgan fingerprint density at radius 3 is 2.42 bits per heavy atom. The first-order valence-electron chi connectivity index (χ1n) is 6.59. The number of nitrogen functional groups attached to an aromatic ring is 1. The van der Waals surface area contributed by atoms with E-state index >= 15 is 0 Å². The molecule has 2 aromatic rings. The van der Waals surface area contributed by atoms with Crippen LogP contribution in [-0.4, -0.2) is 15.5 Å². The van der Waals surface area contributed by atoms with E-state index in [4.69, 9.17) is 5.73 Å². The minimum absolute atomic E-state index is 0.744. The number of anilines is 1. The smallest absolute Gasteiger partial charge is 0.140 e. The molecular formula is C15H21N3S. The largest absolute Gasteiger partial charge is 0.383 e. The second-order valence-corrected chi connectivity index (χ2v) is 6.04. The van der Waals surface area contributed by atoms with Gasteiger partial charge in [0.05, 0.1) is 16.8 Å². The molecule has 0 atom stereocenters. The summed E-state index contributed by atoms with van der Waals surface area (Å²) in [6.45, 7) is 8.49. The SMILES string of the molecule is CCCSc1cnn(-c2c(C)cc(C)cc2C)c1N. The summed E-state index contributed by atoms with van der Waals surface area (Å²) in [5, 5.41) is 4.46. The molecule has 0 fully saturated rings. The van der Waals surface area contributed by atoms with Crippen LogP contribution < -0.4 is 5.73 Å². The van der Waals surface area contributed by atoms with Crippen LogP contribution in [0.1, 0.15) is 30.0 Å². The molecular weight excluding hydrogens is 254 g/mol. The van der Waals surface area contributed by atoms with E-state index in [0.717, 1.165) is 28.6 Å². The van der Waals surface area contributed by atoms with Crippen molar-refractivity contribution in [2.45, 2.75) is 39.0 Å². The van der Waals surface area contributed by atoms with E-state index in [1.807, 2.05) is 10.9 Å². The molecule has 19 heavy (non-hydrogen) atoms. The number of nitrogens with two attached hydrogens (primary N) is 1. The number of aromatic nitrogens is 2. The van der Waals surface area contributed by atoms with Gasteiger partial charge in [-0.1, -0.05) is 24.6 Å². The number of hydrogen-bond acceptors (Lipinski definition) is 3. The maximum atomic E-state index is 6.23. The average molecular weight is 275 g/mol. The van der Waals surface area contributed by atoms with Crippen LogP contribution in [0.2, 0.25) is 0 Å². The lowest BCUT2D eigenvalue weighted by Gasteiger charge is -2.13.